The zero-order valence-corrected chi connectivity index (χ0v) is 9.41. The summed E-state index contributed by atoms with van der Waals surface area (Å²) in [7, 11) is 0. The van der Waals surface area contributed by atoms with Crippen molar-refractivity contribution in [3.05, 3.63) is 47.7 Å². The summed E-state index contributed by atoms with van der Waals surface area (Å²) in [6.07, 6.45) is 2.14. The third kappa shape index (κ3) is 2.27. The van der Waals surface area contributed by atoms with Crippen molar-refractivity contribution in [2.24, 2.45) is 4.99 Å². The normalized spacial score (nSPS) is 18.9. The quantitative estimate of drug-likeness (QED) is 0.740. The maximum absolute atomic E-state index is 4.66. The van der Waals surface area contributed by atoms with Crippen LogP contribution in [-0.2, 0) is 0 Å². The molecule has 0 unspecified atom stereocenters. The molecule has 1 N–H and O–H groups in total. The van der Waals surface area contributed by atoms with Crippen LogP contribution in [0.5, 0.6) is 0 Å². The van der Waals surface area contributed by atoms with Gasteiger partial charge in [0, 0.05) is 11.3 Å². The lowest BCUT2D eigenvalue weighted by molar-refractivity contribution is 0.632. The number of benzene rings is 1. The number of hydrogen-bond acceptors (Lipinski definition) is 2. The number of rotatable bonds is 1. The van der Waals surface area contributed by atoms with E-state index in [1.807, 2.05) is 18.2 Å². The Balaban J connectivity index is 2.37. The molecule has 0 fully saturated rings. The highest BCUT2D eigenvalue weighted by molar-refractivity contribution is 6.00. The Morgan fingerprint density at radius 3 is 2.40 bits per heavy atom. The van der Waals surface area contributed by atoms with Crippen molar-refractivity contribution in [2.45, 2.75) is 26.3 Å². The number of nitrogens with zero attached hydrogens (tertiary/aromatic N) is 1. The third-order valence-electron chi connectivity index (χ3n) is 2.33. The van der Waals surface area contributed by atoms with Crippen LogP contribution in [0.15, 0.2) is 47.1 Å². The molecule has 0 saturated heterocycles. The van der Waals surface area contributed by atoms with Gasteiger partial charge in [-0.3, -0.25) is 4.99 Å². The van der Waals surface area contributed by atoms with Gasteiger partial charge in [-0.1, -0.05) is 30.3 Å². The third-order valence-corrected chi connectivity index (χ3v) is 2.33. The molecule has 2 nitrogen and oxygen atoms in total. The van der Waals surface area contributed by atoms with Crippen LogP contribution < -0.4 is 5.32 Å². The van der Waals surface area contributed by atoms with Gasteiger partial charge in [0.2, 0.25) is 0 Å². The molecule has 0 amide bonds. The van der Waals surface area contributed by atoms with E-state index >= 15 is 0 Å². The second kappa shape index (κ2) is 3.54. The molecule has 1 aliphatic rings. The predicted octanol–water partition coefficient (Wildman–Crippen LogP) is 2.72. The molecule has 0 aliphatic carbocycles. The van der Waals surface area contributed by atoms with Crippen LogP contribution in [0.4, 0.5) is 0 Å². The Hall–Kier alpha value is -1.57. The van der Waals surface area contributed by atoms with E-state index in [0.29, 0.717) is 0 Å². The molecule has 15 heavy (non-hydrogen) atoms. The van der Waals surface area contributed by atoms with Crippen molar-refractivity contribution in [1.29, 1.82) is 0 Å². The zero-order valence-electron chi connectivity index (χ0n) is 9.41. The topological polar surface area (TPSA) is 24.4 Å². The molecule has 2 rings (SSSR count). The minimum absolute atomic E-state index is 0.111. The van der Waals surface area contributed by atoms with Crippen molar-refractivity contribution < 1.29 is 0 Å². The lowest BCUT2D eigenvalue weighted by Gasteiger charge is -2.25. The first-order valence-electron chi connectivity index (χ1n) is 5.19. The molecule has 0 aromatic heterocycles. The van der Waals surface area contributed by atoms with Crippen LogP contribution in [0.3, 0.4) is 0 Å². The molecule has 0 atom stereocenters. The molecule has 0 radical (unpaired) electrons. The number of aliphatic imine (C=N–C) groups is 1. The van der Waals surface area contributed by atoms with Crippen LogP contribution in [0.25, 0.3) is 0 Å². The van der Waals surface area contributed by atoms with Gasteiger partial charge in [-0.05, 0) is 26.8 Å². The molecule has 1 aromatic carbocycles. The number of amidine groups is 1. The summed E-state index contributed by atoms with van der Waals surface area (Å²) in [5.74, 6) is 0.959. The molecule has 1 aliphatic heterocycles. The summed E-state index contributed by atoms with van der Waals surface area (Å²) >= 11 is 0. The summed E-state index contributed by atoms with van der Waals surface area (Å²) in [6.45, 7) is 6.29. The van der Waals surface area contributed by atoms with E-state index in [-0.39, 0.29) is 5.54 Å². The largest absolute Gasteiger partial charge is 0.344 e. The monoisotopic (exact) mass is 200 g/mol. The summed E-state index contributed by atoms with van der Waals surface area (Å²) in [5.41, 5.74) is 2.19. The first-order chi connectivity index (χ1) is 7.07. The van der Waals surface area contributed by atoms with Crippen LogP contribution in [-0.4, -0.2) is 11.4 Å². The average Bonchev–Trinajstić information content (AvgIpc) is 2.16. The van der Waals surface area contributed by atoms with Gasteiger partial charge in [-0.2, -0.15) is 0 Å². The van der Waals surface area contributed by atoms with Gasteiger partial charge in [-0.25, -0.2) is 0 Å². The molecule has 1 aromatic rings. The summed E-state index contributed by atoms with van der Waals surface area (Å²) in [6, 6.07) is 10.2. The molecule has 0 spiro atoms. The number of hydrogen-bond donors (Lipinski definition) is 1. The van der Waals surface area contributed by atoms with E-state index in [9.17, 15) is 0 Å². The second-order valence-electron chi connectivity index (χ2n) is 4.43. The Kier molecular flexibility index (Phi) is 2.35. The van der Waals surface area contributed by atoms with Gasteiger partial charge in [0.25, 0.3) is 0 Å². The van der Waals surface area contributed by atoms with E-state index in [4.69, 9.17) is 0 Å². The molecule has 0 saturated carbocycles. The van der Waals surface area contributed by atoms with Crippen molar-refractivity contribution in [3.8, 4) is 0 Å². The van der Waals surface area contributed by atoms with E-state index in [2.05, 4.69) is 49.3 Å². The smallest absolute Gasteiger partial charge is 0.133 e. The molecular formula is C13H16N2. The van der Waals surface area contributed by atoms with Crippen molar-refractivity contribution >= 4 is 5.84 Å². The number of allylic oxidation sites excluding steroid dienone is 1. The Morgan fingerprint density at radius 1 is 1.13 bits per heavy atom. The summed E-state index contributed by atoms with van der Waals surface area (Å²) in [4.78, 5) is 4.66. The lowest BCUT2D eigenvalue weighted by atomic mass is 10.0. The van der Waals surface area contributed by atoms with Crippen LogP contribution in [0.1, 0.15) is 26.3 Å². The van der Waals surface area contributed by atoms with Gasteiger partial charge in [0.1, 0.15) is 5.84 Å². The SMILES string of the molecule is CC1=CC(C)(C)N=C(c2ccccc2)N1. The molecule has 2 heteroatoms. The van der Waals surface area contributed by atoms with Crippen LogP contribution in [0, 0.1) is 0 Å². The first-order valence-corrected chi connectivity index (χ1v) is 5.19. The molecule has 1 heterocycles. The highest BCUT2D eigenvalue weighted by atomic mass is 15.1. The summed E-state index contributed by atoms with van der Waals surface area (Å²) in [5, 5.41) is 3.30. The van der Waals surface area contributed by atoms with Crippen molar-refractivity contribution in [1.82, 2.24) is 5.32 Å². The molecule has 78 valence electrons. The first kappa shape index (κ1) is 9.97. The highest BCUT2D eigenvalue weighted by Crippen LogP contribution is 2.18. The minimum Gasteiger partial charge on any atom is -0.344 e. The summed E-state index contributed by atoms with van der Waals surface area (Å²) < 4.78 is 0. The fourth-order valence-electron chi connectivity index (χ4n) is 1.83. The maximum Gasteiger partial charge on any atom is 0.133 e. The fourth-order valence-corrected chi connectivity index (χ4v) is 1.83. The van der Waals surface area contributed by atoms with E-state index in [0.717, 1.165) is 17.1 Å². The molecular weight excluding hydrogens is 184 g/mol. The van der Waals surface area contributed by atoms with Gasteiger partial charge < -0.3 is 5.32 Å². The van der Waals surface area contributed by atoms with E-state index < -0.39 is 0 Å². The standard InChI is InChI=1S/C13H16N2/c1-10-9-13(2,3)15-12(14-10)11-7-5-4-6-8-11/h4-9H,1-3H3,(H,14,15). The van der Waals surface area contributed by atoms with Crippen LogP contribution >= 0.6 is 0 Å². The van der Waals surface area contributed by atoms with Gasteiger partial charge in [0.05, 0.1) is 5.54 Å². The minimum atomic E-state index is -0.111. The fraction of sp³-hybridized carbons (Fsp3) is 0.308. The average molecular weight is 200 g/mol. The second-order valence-corrected chi connectivity index (χ2v) is 4.43. The van der Waals surface area contributed by atoms with Gasteiger partial charge >= 0.3 is 0 Å². The predicted molar refractivity (Wildman–Crippen MR) is 64.0 cm³/mol. The Morgan fingerprint density at radius 2 is 1.80 bits per heavy atom. The maximum atomic E-state index is 4.66. The van der Waals surface area contributed by atoms with E-state index in [1.165, 1.54) is 0 Å². The van der Waals surface area contributed by atoms with Gasteiger partial charge in [-0.15, -0.1) is 0 Å². The molecule has 0 bridgehead atoms. The van der Waals surface area contributed by atoms with Gasteiger partial charge in [0.15, 0.2) is 0 Å². The van der Waals surface area contributed by atoms with Crippen LogP contribution in [0.2, 0.25) is 0 Å². The Labute approximate surface area is 90.7 Å². The Bertz CT molecular complexity index is 413. The lowest BCUT2D eigenvalue weighted by Crippen LogP contribution is -2.33. The van der Waals surface area contributed by atoms with Crippen molar-refractivity contribution in [2.75, 3.05) is 0 Å². The highest BCUT2D eigenvalue weighted by Gasteiger charge is 2.20. The zero-order chi connectivity index (χ0) is 10.9. The van der Waals surface area contributed by atoms with E-state index in [1.54, 1.807) is 0 Å². The number of nitrogens with one attached hydrogen (secondary N) is 1. The van der Waals surface area contributed by atoms with Crippen molar-refractivity contribution in [3.63, 3.8) is 0 Å².